The van der Waals surface area contributed by atoms with Gasteiger partial charge in [-0.15, -0.1) is 0 Å². The summed E-state index contributed by atoms with van der Waals surface area (Å²) in [6.45, 7) is 3.77. The van der Waals surface area contributed by atoms with Crippen molar-refractivity contribution in [2.24, 2.45) is 0 Å². The summed E-state index contributed by atoms with van der Waals surface area (Å²) in [6.07, 6.45) is 0.00343. The number of nitrogens with one attached hydrogen (secondary N) is 2. The van der Waals surface area contributed by atoms with Crippen molar-refractivity contribution in [1.29, 1.82) is 0 Å². The normalized spacial score (nSPS) is 11.3. The highest BCUT2D eigenvalue weighted by molar-refractivity contribution is 7.89. The van der Waals surface area contributed by atoms with Crippen LogP contribution in [0.25, 0.3) is 0 Å². The Kier molecular flexibility index (Phi) is 6.86. The van der Waals surface area contributed by atoms with Crippen molar-refractivity contribution in [2.75, 3.05) is 30.9 Å². The average molecular weight is 410 g/mol. The molecule has 0 fully saturated rings. The number of para-hydroxylation sites is 1. The smallest absolute Gasteiger partial charge is 0.240 e. The minimum Gasteiger partial charge on any atom is -0.375 e. The minimum absolute atomic E-state index is 0.00104. The molecular formula is C19H24ClN3O3S. The number of amides is 1. The summed E-state index contributed by atoms with van der Waals surface area (Å²) in [5.41, 5.74) is 3.19. The SMILES string of the molecule is Cc1ccc(S(=O)(=O)NCCC(=O)Nc2cccc(Cl)c2N(C)C)cc1C. The van der Waals surface area contributed by atoms with Crippen LogP contribution in [0.15, 0.2) is 41.3 Å². The first-order chi connectivity index (χ1) is 12.6. The summed E-state index contributed by atoms with van der Waals surface area (Å²) in [4.78, 5) is 14.2. The lowest BCUT2D eigenvalue weighted by atomic mass is 10.1. The van der Waals surface area contributed by atoms with Crippen LogP contribution in [0.4, 0.5) is 11.4 Å². The van der Waals surface area contributed by atoms with Gasteiger partial charge in [-0.1, -0.05) is 23.7 Å². The third-order valence-corrected chi connectivity index (χ3v) is 5.90. The summed E-state index contributed by atoms with van der Waals surface area (Å²) in [7, 11) is 0.000152. The van der Waals surface area contributed by atoms with E-state index in [2.05, 4.69) is 10.0 Å². The average Bonchev–Trinajstić information content (AvgIpc) is 2.56. The van der Waals surface area contributed by atoms with Gasteiger partial charge in [-0.25, -0.2) is 13.1 Å². The van der Waals surface area contributed by atoms with Gasteiger partial charge >= 0.3 is 0 Å². The van der Waals surface area contributed by atoms with E-state index in [1.807, 2.05) is 27.9 Å². The number of nitrogens with zero attached hydrogens (tertiary/aromatic N) is 1. The molecular weight excluding hydrogens is 386 g/mol. The third-order valence-electron chi connectivity index (χ3n) is 4.14. The molecule has 0 spiro atoms. The van der Waals surface area contributed by atoms with Crippen LogP contribution in [0.3, 0.4) is 0 Å². The number of benzene rings is 2. The first-order valence-electron chi connectivity index (χ1n) is 8.44. The molecule has 0 atom stereocenters. The summed E-state index contributed by atoms with van der Waals surface area (Å²) >= 11 is 6.18. The molecule has 0 aliphatic carbocycles. The highest BCUT2D eigenvalue weighted by Gasteiger charge is 2.16. The summed E-state index contributed by atoms with van der Waals surface area (Å²) in [5, 5.41) is 3.30. The van der Waals surface area contributed by atoms with Crippen molar-refractivity contribution in [3.63, 3.8) is 0 Å². The summed E-state index contributed by atoms with van der Waals surface area (Å²) in [6, 6.07) is 10.2. The largest absolute Gasteiger partial charge is 0.375 e. The Morgan fingerprint density at radius 1 is 1.11 bits per heavy atom. The van der Waals surface area contributed by atoms with Crippen LogP contribution in [-0.4, -0.2) is 35.0 Å². The van der Waals surface area contributed by atoms with Crippen LogP contribution >= 0.6 is 11.6 Å². The number of carbonyl (C=O) groups excluding carboxylic acids is 1. The maximum Gasteiger partial charge on any atom is 0.240 e. The molecule has 2 aromatic rings. The Hall–Kier alpha value is -2.09. The predicted octanol–water partition coefficient (Wildman–Crippen LogP) is 3.33. The Morgan fingerprint density at radius 2 is 1.81 bits per heavy atom. The molecule has 27 heavy (non-hydrogen) atoms. The highest BCUT2D eigenvalue weighted by atomic mass is 35.5. The van der Waals surface area contributed by atoms with Gasteiger partial charge < -0.3 is 10.2 Å². The van der Waals surface area contributed by atoms with E-state index in [1.165, 1.54) is 0 Å². The third kappa shape index (κ3) is 5.45. The van der Waals surface area contributed by atoms with Gasteiger partial charge in [0.15, 0.2) is 0 Å². The number of rotatable bonds is 7. The van der Waals surface area contributed by atoms with Crippen LogP contribution in [0.1, 0.15) is 17.5 Å². The number of sulfonamides is 1. The highest BCUT2D eigenvalue weighted by Crippen LogP contribution is 2.32. The van der Waals surface area contributed by atoms with E-state index in [0.29, 0.717) is 16.4 Å². The van der Waals surface area contributed by atoms with Gasteiger partial charge in [-0.05, 0) is 49.2 Å². The van der Waals surface area contributed by atoms with E-state index < -0.39 is 10.0 Å². The zero-order valence-electron chi connectivity index (χ0n) is 15.8. The second-order valence-electron chi connectivity index (χ2n) is 6.47. The van der Waals surface area contributed by atoms with E-state index in [-0.39, 0.29) is 23.8 Å². The van der Waals surface area contributed by atoms with Crippen molar-refractivity contribution in [3.8, 4) is 0 Å². The molecule has 2 rings (SSSR count). The quantitative estimate of drug-likeness (QED) is 0.735. The minimum atomic E-state index is -3.66. The molecule has 0 aromatic heterocycles. The molecule has 146 valence electrons. The lowest BCUT2D eigenvalue weighted by molar-refractivity contribution is -0.116. The van der Waals surface area contributed by atoms with Gasteiger partial charge in [0, 0.05) is 27.1 Å². The van der Waals surface area contributed by atoms with E-state index in [4.69, 9.17) is 11.6 Å². The van der Waals surface area contributed by atoms with Gasteiger partial charge in [-0.3, -0.25) is 4.79 Å². The summed E-state index contributed by atoms with van der Waals surface area (Å²) in [5.74, 6) is -0.303. The Morgan fingerprint density at radius 3 is 2.44 bits per heavy atom. The molecule has 6 nitrogen and oxygen atoms in total. The van der Waals surface area contributed by atoms with Crippen molar-refractivity contribution in [2.45, 2.75) is 25.2 Å². The van der Waals surface area contributed by atoms with E-state index in [0.717, 1.165) is 11.1 Å². The number of carbonyl (C=O) groups is 1. The van der Waals surface area contributed by atoms with Gasteiger partial charge in [0.1, 0.15) is 0 Å². The predicted molar refractivity (Wildman–Crippen MR) is 110 cm³/mol. The Balaban J connectivity index is 1.98. The number of halogens is 1. The van der Waals surface area contributed by atoms with Crippen molar-refractivity contribution in [3.05, 3.63) is 52.5 Å². The number of anilines is 2. The van der Waals surface area contributed by atoms with Gasteiger partial charge in [0.05, 0.1) is 21.3 Å². The van der Waals surface area contributed by atoms with Crippen LogP contribution in [0, 0.1) is 13.8 Å². The van der Waals surface area contributed by atoms with Gasteiger partial charge in [-0.2, -0.15) is 0 Å². The van der Waals surface area contributed by atoms with Crippen LogP contribution in [0.5, 0.6) is 0 Å². The number of hydrogen-bond acceptors (Lipinski definition) is 4. The lowest BCUT2D eigenvalue weighted by Gasteiger charge is -2.19. The molecule has 0 radical (unpaired) electrons. The van der Waals surface area contributed by atoms with Crippen LogP contribution < -0.4 is 14.9 Å². The molecule has 0 unspecified atom stereocenters. The van der Waals surface area contributed by atoms with Gasteiger partial charge in [0.25, 0.3) is 0 Å². The first-order valence-corrected chi connectivity index (χ1v) is 10.3. The standard InChI is InChI=1S/C19H24ClN3O3S/c1-13-8-9-15(12-14(13)2)27(25,26)21-11-10-18(24)22-17-7-5-6-16(20)19(17)23(3)4/h5-9,12,21H,10-11H2,1-4H3,(H,22,24). The molecule has 0 aliphatic heterocycles. The van der Waals surface area contributed by atoms with Gasteiger partial charge in [0.2, 0.25) is 15.9 Å². The number of hydrogen-bond donors (Lipinski definition) is 2. The Bertz CT molecular complexity index is 943. The molecule has 1 amide bonds. The monoisotopic (exact) mass is 409 g/mol. The molecule has 2 aromatic carbocycles. The molecule has 0 saturated heterocycles. The van der Waals surface area contributed by atoms with E-state index >= 15 is 0 Å². The maximum atomic E-state index is 12.4. The second-order valence-corrected chi connectivity index (χ2v) is 8.65. The zero-order chi connectivity index (χ0) is 20.2. The van der Waals surface area contributed by atoms with Crippen molar-refractivity contribution in [1.82, 2.24) is 4.72 Å². The van der Waals surface area contributed by atoms with Crippen LogP contribution in [-0.2, 0) is 14.8 Å². The fraction of sp³-hybridized carbons (Fsp3) is 0.316. The lowest BCUT2D eigenvalue weighted by Crippen LogP contribution is -2.28. The van der Waals surface area contributed by atoms with Crippen molar-refractivity contribution >= 4 is 38.9 Å². The first kappa shape index (κ1) is 21.2. The zero-order valence-corrected chi connectivity index (χ0v) is 17.4. The Labute approximate surface area is 165 Å². The van der Waals surface area contributed by atoms with E-state index in [9.17, 15) is 13.2 Å². The fourth-order valence-electron chi connectivity index (χ4n) is 2.55. The molecule has 8 heteroatoms. The topological polar surface area (TPSA) is 78.5 Å². The molecule has 0 bridgehead atoms. The molecule has 0 heterocycles. The van der Waals surface area contributed by atoms with Crippen molar-refractivity contribution < 1.29 is 13.2 Å². The van der Waals surface area contributed by atoms with Crippen LogP contribution in [0.2, 0.25) is 5.02 Å². The number of aryl methyl sites for hydroxylation is 2. The fourth-order valence-corrected chi connectivity index (χ4v) is 4.01. The molecule has 2 N–H and O–H groups in total. The molecule has 0 saturated carbocycles. The maximum absolute atomic E-state index is 12.4. The summed E-state index contributed by atoms with van der Waals surface area (Å²) < 4.78 is 27.2. The molecule has 0 aliphatic rings. The van der Waals surface area contributed by atoms with E-state index in [1.54, 1.807) is 41.3 Å². The second kappa shape index (κ2) is 8.73.